The number of likely N-dealkylation sites (N-methyl/N-ethyl adjacent to an activating group) is 1. The molecule has 25 heavy (non-hydrogen) atoms. The molecule has 0 aliphatic carbocycles. The maximum absolute atomic E-state index is 11.3. The molecule has 0 spiro atoms. The van der Waals surface area contributed by atoms with Crippen molar-refractivity contribution < 1.29 is 36.5 Å². The Bertz CT molecular complexity index is 651. The molecule has 1 atom stereocenters. The van der Waals surface area contributed by atoms with Crippen LogP contribution in [-0.4, -0.2) is 69.8 Å². The van der Waals surface area contributed by atoms with Crippen LogP contribution in [0.5, 0.6) is 0 Å². The van der Waals surface area contributed by atoms with Crippen LogP contribution < -0.4 is 0 Å². The second-order valence-electron chi connectivity index (χ2n) is 6.20. The molecule has 0 bridgehead atoms. The normalized spacial score (nSPS) is 12.4. The van der Waals surface area contributed by atoms with E-state index in [2.05, 4.69) is 4.74 Å². The van der Waals surface area contributed by atoms with E-state index in [0.717, 1.165) is 11.0 Å². The summed E-state index contributed by atoms with van der Waals surface area (Å²) < 4.78 is 41.2. The van der Waals surface area contributed by atoms with Crippen molar-refractivity contribution in [2.75, 3.05) is 34.3 Å². The molecule has 9 heteroatoms. The predicted molar refractivity (Wildman–Crippen MR) is 89.5 cm³/mol. The lowest BCUT2D eigenvalue weighted by molar-refractivity contribution is -0.870. The van der Waals surface area contributed by atoms with Gasteiger partial charge in [-0.2, -0.15) is 0 Å². The van der Waals surface area contributed by atoms with Crippen LogP contribution in [0.2, 0.25) is 0 Å². The minimum atomic E-state index is -4.25. The van der Waals surface area contributed by atoms with E-state index in [1.165, 1.54) is 38.1 Å². The van der Waals surface area contributed by atoms with Gasteiger partial charge in [0.25, 0.3) is 0 Å². The van der Waals surface area contributed by atoms with Crippen molar-refractivity contribution in [1.82, 2.24) is 0 Å². The van der Waals surface area contributed by atoms with E-state index in [1.807, 2.05) is 21.1 Å². The third-order valence-electron chi connectivity index (χ3n) is 2.71. The summed E-state index contributed by atoms with van der Waals surface area (Å²) in [6.07, 6.45) is -0.824. The summed E-state index contributed by atoms with van der Waals surface area (Å²) in [7, 11) is 1.76. The average Bonchev–Trinajstić information content (AvgIpc) is 2.46. The standard InChI is InChI=1S/C10H20NO4.C6H6O3S/c1-8(15-9(2)12)10(13)14-7-6-11(3,4)5;7-10(8,9)6-4-2-1-3-5-6/h8H,6-7H2,1-5H3;1-5H,(H,7,8,9)/q+1;/p-1. The summed E-state index contributed by atoms with van der Waals surface area (Å²) >= 11 is 0. The minimum absolute atomic E-state index is 0.185. The summed E-state index contributed by atoms with van der Waals surface area (Å²) in [6, 6.07) is 7.19. The van der Waals surface area contributed by atoms with Crippen molar-refractivity contribution >= 4 is 22.1 Å². The first-order valence-electron chi connectivity index (χ1n) is 7.48. The van der Waals surface area contributed by atoms with Crippen molar-refractivity contribution in [3.05, 3.63) is 30.3 Å². The molecule has 0 aliphatic heterocycles. The minimum Gasteiger partial charge on any atom is -0.744 e. The topological polar surface area (TPSA) is 110 Å². The molecule has 0 amide bonds. The van der Waals surface area contributed by atoms with Gasteiger partial charge in [-0.1, -0.05) is 18.2 Å². The maximum atomic E-state index is 11.3. The highest BCUT2D eigenvalue weighted by atomic mass is 32.2. The second-order valence-corrected chi connectivity index (χ2v) is 7.58. The first-order valence-corrected chi connectivity index (χ1v) is 8.89. The summed E-state index contributed by atoms with van der Waals surface area (Å²) in [5.74, 6) is -0.982. The third kappa shape index (κ3) is 12.1. The Labute approximate surface area is 148 Å². The zero-order valence-electron chi connectivity index (χ0n) is 15.1. The number of quaternary nitrogens is 1. The molecule has 142 valence electrons. The van der Waals surface area contributed by atoms with Gasteiger partial charge in [0.1, 0.15) is 23.3 Å². The Morgan fingerprint density at radius 3 is 2.04 bits per heavy atom. The number of esters is 2. The van der Waals surface area contributed by atoms with Gasteiger partial charge in [0, 0.05) is 6.92 Å². The summed E-state index contributed by atoms with van der Waals surface area (Å²) in [5, 5.41) is 0. The summed E-state index contributed by atoms with van der Waals surface area (Å²) in [5.41, 5.74) is 0. The van der Waals surface area contributed by atoms with E-state index < -0.39 is 28.2 Å². The number of carbonyl (C=O) groups excluding carboxylic acids is 2. The van der Waals surface area contributed by atoms with Crippen molar-refractivity contribution in [3.8, 4) is 0 Å². The highest BCUT2D eigenvalue weighted by Crippen LogP contribution is 2.05. The van der Waals surface area contributed by atoms with E-state index in [4.69, 9.17) is 4.74 Å². The molecule has 1 rings (SSSR count). The van der Waals surface area contributed by atoms with Gasteiger partial charge in [-0.25, -0.2) is 13.2 Å². The van der Waals surface area contributed by atoms with Crippen LogP contribution in [0.25, 0.3) is 0 Å². The molecular weight excluding hydrogens is 350 g/mol. The fraction of sp³-hybridized carbons (Fsp3) is 0.500. The van der Waals surface area contributed by atoms with E-state index in [-0.39, 0.29) is 4.90 Å². The van der Waals surface area contributed by atoms with Gasteiger partial charge in [-0.05, 0) is 19.1 Å². The number of ether oxygens (including phenoxy) is 2. The van der Waals surface area contributed by atoms with Gasteiger partial charge in [-0.15, -0.1) is 0 Å². The lowest BCUT2D eigenvalue weighted by Crippen LogP contribution is -2.38. The zero-order chi connectivity index (χ0) is 19.7. The van der Waals surface area contributed by atoms with E-state index in [9.17, 15) is 22.6 Å². The maximum Gasteiger partial charge on any atom is 0.347 e. The quantitative estimate of drug-likeness (QED) is 0.410. The number of hydrogen-bond acceptors (Lipinski definition) is 7. The molecule has 1 aromatic carbocycles. The highest BCUT2D eigenvalue weighted by Gasteiger charge is 2.18. The number of nitrogens with zero attached hydrogens (tertiary/aromatic N) is 1. The first kappa shape index (κ1) is 23.0. The molecule has 0 fully saturated rings. The fourth-order valence-electron chi connectivity index (χ4n) is 1.42. The van der Waals surface area contributed by atoms with Gasteiger partial charge < -0.3 is 18.5 Å². The molecule has 8 nitrogen and oxygen atoms in total. The van der Waals surface area contributed by atoms with Gasteiger partial charge in [-0.3, -0.25) is 4.79 Å². The molecule has 0 radical (unpaired) electrons. The Morgan fingerprint density at radius 2 is 1.68 bits per heavy atom. The van der Waals surface area contributed by atoms with Gasteiger partial charge in [0.2, 0.25) is 0 Å². The van der Waals surface area contributed by atoms with Crippen molar-refractivity contribution in [2.24, 2.45) is 0 Å². The van der Waals surface area contributed by atoms with Gasteiger partial charge in [0.05, 0.1) is 26.0 Å². The SMILES string of the molecule is CC(=O)OC(C)C(=O)OCC[N+](C)(C)C.O=S(=O)([O-])c1ccccc1. The molecule has 0 aromatic heterocycles. The second kappa shape index (κ2) is 10.1. The molecule has 0 heterocycles. The van der Waals surface area contributed by atoms with E-state index in [0.29, 0.717) is 6.61 Å². The van der Waals surface area contributed by atoms with Crippen LogP contribution in [0.1, 0.15) is 13.8 Å². The summed E-state index contributed by atoms with van der Waals surface area (Å²) in [4.78, 5) is 21.6. The van der Waals surface area contributed by atoms with Crippen LogP contribution in [0.15, 0.2) is 35.2 Å². The third-order valence-corrected chi connectivity index (χ3v) is 3.56. The van der Waals surface area contributed by atoms with Crippen LogP contribution >= 0.6 is 0 Å². The molecule has 1 aromatic rings. The zero-order valence-corrected chi connectivity index (χ0v) is 15.9. The molecule has 0 saturated heterocycles. The predicted octanol–water partition coefficient (Wildman–Crippen LogP) is 0.778. The summed E-state index contributed by atoms with van der Waals surface area (Å²) in [6.45, 7) is 3.80. The smallest absolute Gasteiger partial charge is 0.347 e. The fourth-order valence-corrected chi connectivity index (χ4v) is 1.91. The lowest BCUT2D eigenvalue weighted by Gasteiger charge is -2.23. The Balaban J connectivity index is 0.000000496. The van der Waals surface area contributed by atoms with Crippen LogP contribution in [0, 0.1) is 0 Å². The Kier molecular flexibility index (Phi) is 9.32. The largest absolute Gasteiger partial charge is 0.744 e. The lowest BCUT2D eigenvalue weighted by atomic mass is 10.4. The Morgan fingerprint density at radius 1 is 1.16 bits per heavy atom. The molecule has 0 N–H and O–H groups in total. The van der Waals surface area contributed by atoms with Crippen molar-refractivity contribution in [1.29, 1.82) is 0 Å². The van der Waals surface area contributed by atoms with Crippen LogP contribution in [0.4, 0.5) is 0 Å². The molecule has 0 saturated carbocycles. The number of rotatable bonds is 6. The van der Waals surface area contributed by atoms with Crippen molar-refractivity contribution in [3.63, 3.8) is 0 Å². The van der Waals surface area contributed by atoms with E-state index in [1.54, 1.807) is 6.07 Å². The molecular formula is C16H25NO7S. The van der Waals surface area contributed by atoms with Gasteiger partial charge in [0.15, 0.2) is 6.10 Å². The van der Waals surface area contributed by atoms with Crippen molar-refractivity contribution in [2.45, 2.75) is 24.8 Å². The monoisotopic (exact) mass is 375 g/mol. The van der Waals surface area contributed by atoms with Crippen LogP contribution in [0.3, 0.4) is 0 Å². The number of carbonyl (C=O) groups is 2. The molecule has 0 aliphatic rings. The number of benzene rings is 1. The van der Waals surface area contributed by atoms with Gasteiger partial charge >= 0.3 is 11.9 Å². The van der Waals surface area contributed by atoms with E-state index >= 15 is 0 Å². The van der Waals surface area contributed by atoms with Crippen LogP contribution in [-0.2, 0) is 29.2 Å². The Hall–Kier alpha value is -1.97. The average molecular weight is 375 g/mol. The first-order chi connectivity index (χ1) is 11.3. The number of hydrogen-bond donors (Lipinski definition) is 0. The molecule has 1 unspecified atom stereocenters. The highest BCUT2D eigenvalue weighted by molar-refractivity contribution is 7.85.